The van der Waals surface area contributed by atoms with Gasteiger partial charge in [-0.15, -0.1) is 0 Å². The molecule has 0 aromatic carbocycles. The first-order valence-corrected chi connectivity index (χ1v) is 3.18. The number of amides is 1. The maximum atomic E-state index is 10.8. The van der Waals surface area contributed by atoms with Crippen molar-refractivity contribution in [2.75, 3.05) is 0 Å². The molecule has 2 heteroatoms. The van der Waals surface area contributed by atoms with E-state index < -0.39 is 0 Å². The molecular formula is C8H7NO. The average Bonchev–Trinajstić information content (AvgIpc) is 2.43. The summed E-state index contributed by atoms with van der Waals surface area (Å²) in [6.45, 7) is 0. The number of carbonyl (C=O) groups excluding carboxylic acids is 1. The fourth-order valence-corrected chi connectivity index (χ4v) is 1.40. The number of carbonyl (C=O) groups is 1. The number of nitrogens with two attached hydrogens (primary N) is 1. The zero-order valence-corrected chi connectivity index (χ0v) is 5.37. The van der Waals surface area contributed by atoms with Gasteiger partial charge in [0.15, 0.2) is 0 Å². The van der Waals surface area contributed by atoms with Crippen LogP contribution >= 0.6 is 0 Å². The second kappa shape index (κ2) is 1.59. The first-order valence-electron chi connectivity index (χ1n) is 3.18. The van der Waals surface area contributed by atoms with Gasteiger partial charge in [0.2, 0.25) is 5.91 Å². The summed E-state index contributed by atoms with van der Waals surface area (Å²) in [5.41, 5.74) is 7.22. The molecule has 0 saturated carbocycles. The molecule has 2 aliphatic carbocycles. The van der Waals surface area contributed by atoms with Crippen LogP contribution in [0.25, 0.3) is 0 Å². The Morgan fingerprint density at radius 1 is 1.30 bits per heavy atom. The minimum absolute atomic E-state index is 0.139. The third kappa shape index (κ3) is 0.506. The lowest BCUT2D eigenvalue weighted by molar-refractivity contribution is -0.119. The van der Waals surface area contributed by atoms with Gasteiger partial charge in [-0.1, -0.05) is 24.3 Å². The minimum Gasteiger partial charge on any atom is -0.369 e. The van der Waals surface area contributed by atoms with Gasteiger partial charge in [-0.25, -0.2) is 0 Å². The summed E-state index contributed by atoms with van der Waals surface area (Å²) < 4.78 is 0. The van der Waals surface area contributed by atoms with E-state index in [-0.39, 0.29) is 11.8 Å². The molecule has 0 spiro atoms. The van der Waals surface area contributed by atoms with E-state index in [9.17, 15) is 4.79 Å². The molecule has 0 aliphatic heterocycles. The van der Waals surface area contributed by atoms with Crippen molar-refractivity contribution >= 4 is 5.91 Å². The number of fused-ring (bicyclic) bond motifs is 2. The van der Waals surface area contributed by atoms with Gasteiger partial charge in [-0.2, -0.15) is 0 Å². The molecule has 0 fully saturated rings. The summed E-state index contributed by atoms with van der Waals surface area (Å²) in [5.74, 6) is -0.389. The fraction of sp³-hybridized carbons (Fsp3) is 0.125. The van der Waals surface area contributed by atoms with Crippen molar-refractivity contribution in [3.8, 4) is 0 Å². The topological polar surface area (TPSA) is 43.1 Å². The number of rotatable bonds is 1. The molecule has 0 aromatic rings. The maximum Gasteiger partial charge on any atom is 0.229 e. The Bertz CT molecular complexity index is 262. The van der Waals surface area contributed by atoms with E-state index >= 15 is 0 Å². The number of hydrogen-bond acceptors (Lipinski definition) is 1. The average molecular weight is 133 g/mol. The Kier molecular flexibility index (Phi) is 0.873. The van der Waals surface area contributed by atoms with Crippen molar-refractivity contribution in [3.63, 3.8) is 0 Å². The highest BCUT2D eigenvalue weighted by molar-refractivity contribution is 5.87. The van der Waals surface area contributed by atoms with Crippen LogP contribution in [0.15, 0.2) is 35.5 Å². The Balaban J connectivity index is 2.42. The monoisotopic (exact) mass is 133 g/mol. The molecule has 2 aliphatic rings. The summed E-state index contributed by atoms with van der Waals surface area (Å²) in [6.07, 6.45) is 7.74. The lowest BCUT2D eigenvalue weighted by Crippen LogP contribution is -2.22. The van der Waals surface area contributed by atoms with Gasteiger partial charge in [-0.3, -0.25) is 4.79 Å². The Morgan fingerprint density at radius 2 is 1.80 bits per heavy atom. The smallest absolute Gasteiger partial charge is 0.229 e. The molecule has 0 saturated heterocycles. The number of allylic oxidation sites excluding steroid dienone is 4. The summed E-state index contributed by atoms with van der Waals surface area (Å²) >= 11 is 0. The molecular weight excluding hydrogens is 126 g/mol. The highest BCUT2D eigenvalue weighted by Gasteiger charge is 2.28. The maximum absolute atomic E-state index is 10.8. The molecule has 2 rings (SSSR count). The molecule has 0 atom stereocenters. The van der Waals surface area contributed by atoms with Gasteiger partial charge >= 0.3 is 0 Å². The summed E-state index contributed by atoms with van der Waals surface area (Å²) in [7, 11) is 0. The van der Waals surface area contributed by atoms with E-state index in [0.29, 0.717) is 0 Å². The largest absolute Gasteiger partial charge is 0.369 e. The second-order valence-corrected chi connectivity index (χ2v) is 2.50. The van der Waals surface area contributed by atoms with Gasteiger partial charge < -0.3 is 5.73 Å². The lowest BCUT2D eigenvalue weighted by Gasteiger charge is -2.02. The summed E-state index contributed by atoms with van der Waals surface area (Å²) in [5, 5.41) is 0. The van der Waals surface area contributed by atoms with E-state index in [1.165, 1.54) is 0 Å². The zero-order valence-electron chi connectivity index (χ0n) is 5.37. The van der Waals surface area contributed by atoms with Crippen LogP contribution in [0.1, 0.15) is 0 Å². The lowest BCUT2D eigenvalue weighted by atomic mass is 10.0. The van der Waals surface area contributed by atoms with E-state index in [1.807, 2.05) is 24.3 Å². The molecule has 1 amide bonds. The van der Waals surface area contributed by atoms with E-state index in [0.717, 1.165) is 11.1 Å². The van der Waals surface area contributed by atoms with Crippen LogP contribution in [0.5, 0.6) is 0 Å². The summed E-state index contributed by atoms with van der Waals surface area (Å²) in [4.78, 5) is 10.8. The first-order chi connectivity index (χ1) is 4.79. The van der Waals surface area contributed by atoms with Crippen LogP contribution in [-0.4, -0.2) is 5.91 Å². The first kappa shape index (κ1) is 5.47. The van der Waals surface area contributed by atoms with E-state index in [4.69, 9.17) is 5.73 Å². The van der Waals surface area contributed by atoms with Gasteiger partial charge in [0.1, 0.15) is 0 Å². The normalized spacial score (nSPS) is 21.2. The van der Waals surface area contributed by atoms with E-state index in [2.05, 4.69) is 0 Å². The molecule has 2 nitrogen and oxygen atoms in total. The van der Waals surface area contributed by atoms with Crippen LogP contribution in [0.2, 0.25) is 0 Å². The van der Waals surface area contributed by atoms with Crippen molar-refractivity contribution in [2.24, 2.45) is 11.7 Å². The quantitative estimate of drug-likeness (QED) is 0.557. The second-order valence-electron chi connectivity index (χ2n) is 2.50. The zero-order chi connectivity index (χ0) is 7.14. The third-order valence-electron chi connectivity index (χ3n) is 1.89. The SMILES string of the molecule is NC(=O)C1C2=CC=C1C=C2. The van der Waals surface area contributed by atoms with Gasteiger partial charge in [0, 0.05) is 0 Å². The highest BCUT2D eigenvalue weighted by Crippen LogP contribution is 2.34. The van der Waals surface area contributed by atoms with E-state index in [1.54, 1.807) is 0 Å². The van der Waals surface area contributed by atoms with Crippen molar-refractivity contribution in [1.82, 2.24) is 0 Å². The van der Waals surface area contributed by atoms with Crippen molar-refractivity contribution < 1.29 is 4.79 Å². The molecule has 0 radical (unpaired) electrons. The number of primary amides is 1. The molecule has 0 aromatic heterocycles. The minimum atomic E-state index is -0.250. The van der Waals surface area contributed by atoms with Gasteiger partial charge in [0.05, 0.1) is 5.92 Å². The molecule has 0 heterocycles. The van der Waals surface area contributed by atoms with Crippen molar-refractivity contribution in [1.29, 1.82) is 0 Å². The Labute approximate surface area is 58.7 Å². The van der Waals surface area contributed by atoms with Gasteiger partial charge in [-0.05, 0) is 11.1 Å². The predicted octanol–water partition coefficient (Wildman–Crippen LogP) is 0.524. The van der Waals surface area contributed by atoms with Gasteiger partial charge in [0.25, 0.3) is 0 Å². The van der Waals surface area contributed by atoms with Crippen LogP contribution in [0.4, 0.5) is 0 Å². The molecule has 50 valence electrons. The summed E-state index contributed by atoms with van der Waals surface area (Å²) in [6, 6.07) is 0. The highest BCUT2D eigenvalue weighted by atomic mass is 16.1. The number of hydrogen-bond donors (Lipinski definition) is 1. The van der Waals surface area contributed by atoms with Crippen LogP contribution in [0, 0.1) is 5.92 Å². The molecule has 2 bridgehead atoms. The molecule has 2 N–H and O–H groups in total. The fourth-order valence-electron chi connectivity index (χ4n) is 1.40. The van der Waals surface area contributed by atoms with Crippen LogP contribution in [-0.2, 0) is 4.79 Å². The molecule has 0 unspecified atom stereocenters. The Hall–Kier alpha value is -1.31. The Morgan fingerprint density at radius 3 is 2.00 bits per heavy atom. The molecule has 10 heavy (non-hydrogen) atoms. The predicted molar refractivity (Wildman–Crippen MR) is 38.0 cm³/mol. The van der Waals surface area contributed by atoms with Crippen LogP contribution in [0.3, 0.4) is 0 Å². The van der Waals surface area contributed by atoms with Crippen molar-refractivity contribution in [2.45, 2.75) is 0 Å². The van der Waals surface area contributed by atoms with Crippen molar-refractivity contribution in [3.05, 3.63) is 35.5 Å². The van der Waals surface area contributed by atoms with Crippen LogP contribution < -0.4 is 5.73 Å². The standard InChI is InChI=1S/C8H7NO/c9-8(10)7-5-1-2-6(7)4-3-5/h1-4,7H,(H2,9,10). The third-order valence-corrected chi connectivity index (χ3v) is 1.89.